The van der Waals surface area contributed by atoms with E-state index in [9.17, 15) is 0 Å². The molecule has 2 nitrogen and oxygen atoms in total. The SMILES string of the molecule is Cl.Cl.c1ccc2c(c1)Cc1ccccc1N(CCN1CCCCC1)C2. The molecule has 2 aliphatic heterocycles. The first-order valence-electron chi connectivity index (χ1n) is 9.02. The number of halogens is 2. The second-order valence-electron chi connectivity index (χ2n) is 6.90. The maximum atomic E-state index is 2.64. The fraction of sp³-hybridized carbons (Fsp3) is 0.429. The first-order chi connectivity index (χ1) is 11.4. The van der Waals surface area contributed by atoms with Crippen LogP contribution in [0.15, 0.2) is 48.5 Å². The molecule has 0 aliphatic carbocycles. The van der Waals surface area contributed by atoms with Gasteiger partial charge >= 0.3 is 0 Å². The Hall–Kier alpha value is -1.22. The van der Waals surface area contributed by atoms with Gasteiger partial charge in [-0.2, -0.15) is 0 Å². The smallest absolute Gasteiger partial charge is 0.0432 e. The molecule has 0 atom stereocenters. The highest BCUT2D eigenvalue weighted by molar-refractivity contribution is 5.85. The topological polar surface area (TPSA) is 6.48 Å². The van der Waals surface area contributed by atoms with Crippen molar-refractivity contribution in [3.05, 3.63) is 65.2 Å². The van der Waals surface area contributed by atoms with Crippen LogP contribution in [0.2, 0.25) is 0 Å². The summed E-state index contributed by atoms with van der Waals surface area (Å²) in [5.74, 6) is 0. The van der Waals surface area contributed by atoms with Crippen molar-refractivity contribution in [2.75, 3.05) is 31.1 Å². The van der Waals surface area contributed by atoms with Crippen LogP contribution in [-0.2, 0) is 13.0 Å². The molecule has 4 rings (SSSR count). The number of hydrogen-bond acceptors (Lipinski definition) is 2. The Morgan fingerprint density at radius 3 is 2.08 bits per heavy atom. The summed E-state index contributed by atoms with van der Waals surface area (Å²) in [6.07, 6.45) is 5.22. The highest BCUT2D eigenvalue weighted by Crippen LogP contribution is 2.30. The van der Waals surface area contributed by atoms with Crippen LogP contribution >= 0.6 is 24.8 Å². The Morgan fingerprint density at radius 1 is 0.680 bits per heavy atom. The lowest BCUT2D eigenvalue weighted by molar-refractivity contribution is 0.233. The lowest BCUT2D eigenvalue weighted by Crippen LogP contribution is -2.37. The minimum atomic E-state index is 0. The van der Waals surface area contributed by atoms with Gasteiger partial charge in [0.2, 0.25) is 0 Å². The van der Waals surface area contributed by atoms with Crippen molar-refractivity contribution in [1.29, 1.82) is 0 Å². The zero-order valence-corrected chi connectivity index (χ0v) is 16.3. The van der Waals surface area contributed by atoms with Crippen molar-refractivity contribution in [3.8, 4) is 0 Å². The van der Waals surface area contributed by atoms with E-state index in [0.717, 1.165) is 19.5 Å². The van der Waals surface area contributed by atoms with Crippen LogP contribution in [0.5, 0.6) is 0 Å². The lowest BCUT2D eigenvalue weighted by atomic mass is 10.0. The third-order valence-electron chi connectivity index (χ3n) is 5.33. The van der Waals surface area contributed by atoms with Gasteiger partial charge in [-0.1, -0.05) is 48.9 Å². The maximum absolute atomic E-state index is 2.64. The second-order valence-corrected chi connectivity index (χ2v) is 6.90. The van der Waals surface area contributed by atoms with Crippen molar-refractivity contribution in [1.82, 2.24) is 4.90 Å². The van der Waals surface area contributed by atoms with Crippen LogP contribution in [0, 0.1) is 0 Å². The molecule has 0 amide bonds. The monoisotopic (exact) mass is 378 g/mol. The molecule has 0 unspecified atom stereocenters. The molecule has 25 heavy (non-hydrogen) atoms. The summed E-state index contributed by atoms with van der Waals surface area (Å²) in [7, 11) is 0. The number of piperidine rings is 1. The van der Waals surface area contributed by atoms with Crippen LogP contribution < -0.4 is 4.90 Å². The van der Waals surface area contributed by atoms with Gasteiger partial charge in [-0.3, -0.25) is 0 Å². The van der Waals surface area contributed by atoms with Crippen LogP contribution in [0.1, 0.15) is 36.0 Å². The van der Waals surface area contributed by atoms with Crippen molar-refractivity contribution >= 4 is 30.5 Å². The molecule has 0 N–H and O–H groups in total. The Bertz CT molecular complexity index is 668. The summed E-state index contributed by atoms with van der Waals surface area (Å²) >= 11 is 0. The molecule has 0 aromatic heterocycles. The fourth-order valence-electron chi connectivity index (χ4n) is 3.99. The van der Waals surface area contributed by atoms with E-state index in [4.69, 9.17) is 0 Å². The first-order valence-corrected chi connectivity index (χ1v) is 9.02. The molecule has 0 saturated carbocycles. The molecule has 0 radical (unpaired) electrons. The zero-order valence-electron chi connectivity index (χ0n) is 14.7. The van der Waals surface area contributed by atoms with Gasteiger partial charge in [0.05, 0.1) is 0 Å². The van der Waals surface area contributed by atoms with Crippen molar-refractivity contribution in [2.45, 2.75) is 32.2 Å². The lowest BCUT2D eigenvalue weighted by Gasteiger charge is -2.31. The van der Waals surface area contributed by atoms with Gasteiger partial charge in [-0.25, -0.2) is 0 Å². The summed E-state index contributed by atoms with van der Waals surface area (Å²) in [4.78, 5) is 5.23. The molecule has 4 heteroatoms. The molecule has 1 saturated heterocycles. The molecule has 2 aliphatic rings. The van der Waals surface area contributed by atoms with E-state index < -0.39 is 0 Å². The molecule has 2 heterocycles. The van der Waals surface area contributed by atoms with E-state index in [-0.39, 0.29) is 24.8 Å². The number of likely N-dealkylation sites (tertiary alicyclic amines) is 1. The van der Waals surface area contributed by atoms with Gasteiger partial charge in [-0.05, 0) is 55.1 Å². The molecule has 2 aromatic carbocycles. The Morgan fingerprint density at radius 2 is 1.32 bits per heavy atom. The third-order valence-corrected chi connectivity index (χ3v) is 5.33. The number of nitrogens with zero attached hydrogens (tertiary/aromatic N) is 2. The number of hydrogen-bond donors (Lipinski definition) is 0. The molecule has 136 valence electrons. The number of anilines is 1. The third kappa shape index (κ3) is 4.69. The maximum Gasteiger partial charge on any atom is 0.0432 e. The normalized spacial score (nSPS) is 16.7. The largest absolute Gasteiger partial charge is 0.366 e. The number of para-hydroxylation sites is 1. The highest BCUT2D eigenvalue weighted by atomic mass is 35.5. The minimum absolute atomic E-state index is 0. The van der Waals surface area contributed by atoms with Crippen LogP contribution in [0.25, 0.3) is 0 Å². The van der Waals surface area contributed by atoms with Crippen molar-refractivity contribution < 1.29 is 0 Å². The van der Waals surface area contributed by atoms with Gasteiger partial charge in [0.1, 0.15) is 0 Å². The van der Waals surface area contributed by atoms with Crippen LogP contribution in [0.3, 0.4) is 0 Å². The average Bonchev–Trinajstić information content (AvgIpc) is 2.77. The van der Waals surface area contributed by atoms with E-state index >= 15 is 0 Å². The summed E-state index contributed by atoms with van der Waals surface area (Å²) < 4.78 is 0. The average molecular weight is 379 g/mol. The predicted molar refractivity (Wildman–Crippen MR) is 112 cm³/mol. The number of rotatable bonds is 3. The number of fused-ring (bicyclic) bond motifs is 2. The van der Waals surface area contributed by atoms with Gasteiger partial charge in [0, 0.05) is 25.3 Å². The summed E-state index contributed by atoms with van der Waals surface area (Å²) in [6.45, 7) is 5.93. The molecule has 0 spiro atoms. The molecular weight excluding hydrogens is 351 g/mol. The Labute approximate surface area is 164 Å². The predicted octanol–water partition coefficient (Wildman–Crippen LogP) is 4.93. The van der Waals surface area contributed by atoms with E-state index in [1.54, 1.807) is 0 Å². The fourth-order valence-corrected chi connectivity index (χ4v) is 3.99. The van der Waals surface area contributed by atoms with Crippen LogP contribution in [0.4, 0.5) is 5.69 Å². The standard InChI is InChI=1S/C21H26N2.2ClH/c1-6-12-22(13-7-1)14-15-23-17-20-10-3-2-8-18(20)16-19-9-4-5-11-21(19)23;;/h2-5,8-11H,1,6-7,12-17H2;2*1H. The van der Waals surface area contributed by atoms with Gasteiger partial charge in [-0.15, -0.1) is 24.8 Å². The summed E-state index contributed by atoms with van der Waals surface area (Å²) in [5, 5.41) is 0. The van der Waals surface area contributed by atoms with E-state index in [2.05, 4.69) is 58.3 Å². The van der Waals surface area contributed by atoms with Crippen molar-refractivity contribution in [2.24, 2.45) is 0 Å². The molecule has 0 bridgehead atoms. The minimum Gasteiger partial charge on any atom is -0.366 e. The van der Waals surface area contributed by atoms with E-state index in [0.29, 0.717) is 0 Å². The second kappa shape index (κ2) is 9.47. The van der Waals surface area contributed by atoms with E-state index in [1.165, 1.54) is 61.3 Å². The van der Waals surface area contributed by atoms with E-state index in [1.807, 2.05) is 0 Å². The first kappa shape index (κ1) is 20.1. The van der Waals surface area contributed by atoms with Crippen LogP contribution in [-0.4, -0.2) is 31.1 Å². The highest BCUT2D eigenvalue weighted by Gasteiger charge is 2.19. The molecular formula is C21H28Cl2N2. The quantitative estimate of drug-likeness (QED) is 0.746. The molecule has 1 fully saturated rings. The Kier molecular flexibility index (Phi) is 7.61. The van der Waals surface area contributed by atoms with Crippen molar-refractivity contribution in [3.63, 3.8) is 0 Å². The Balaban J connectivity index is 0.00000113. The zero-order chi connectivity index (χ0) is 15.5. The summed E-state index contributed by atoms with van der Waals surface area (Å²) in [5.41, 5.74) is 5.87. The van der Waals surface area contributed by atoms with Gasteiger partial charge in [0.15, 0.2) is 0 Å². The summed E-state index contributed by atoms with van der Waals surface area (Å²) in [6, 6.07) is 17.9. The number of benzene rings is 2. The van der Waals surface area contributed by atoms with Gasteiger partial charge in [0.25, 0.3) is 0 Å². The van der Waals surface area contributed by atoms with Gasteiger partial charge < -0.3 is 9.80 Å². The molecule has 2 aromatic rings.